The zero-order chi connectivity index (χ0) is 20.9. The number of ether oxygens (including phenoxy) is 2. The molecule has 1 heterocycles. The maximum Gasteiger partial charge on any atom is 0.239 e. The minimum atomic E-state index is -0.849. The summed E-state index contributed by atoms with van der Waals surface area (Å²) in [5.41, 5.74) is 7.97. The Bertz CT molecular complexity index is 856. The first-order chi connectivity index (χ1) is 14.6. The van der Waals surface area contributed by atoms with Gasteiger partial charge in [0.05, 0.1) is 12.7 Å². The van der Waals surface area contributed by atoms with Crippen molar-refractivity contribution in [1.82, 2.24) is 5.32 Å². The Morgan fingerprint density at radius 1 is 1.13 bits per heavy atom. The largest absolute Gasteiger partial charge is 0.490 e. The van der Waals surface area contributed by atoms with Gasteiger partial charge in [0.15, 0.2) is 0 Å². The molecule has 1 unspecified atom stereocenters. The maximum atomic E-state index is 11.8. The Kier molecular flexibility index (Phi) is 8.18. The van der Waals surface area contributed by atoms with Gasteiger partial charge in [0.2, 0.25) is 5.91 Å². The summed E-state index contributed by atoms with van der Waals surface area (Å²) in [7, 11) is 0. The maximum absolute atomic E-state index is 11.8. The van der Waals surface area contributed by atoms with Crippen molar-refractivity contribution >= 4 is 18.3 Å². The van der Waals surface area contributed by atoms with E-state index in [1.54, 1.807) is 0 Å². The molecule has 0 bridgehead atoms. The topological polar surface area (TPSA) is 93.8 Å². The predicted octanol–water partition coefficient (Wildman–Crippen LogP) is 3.30. The summed E-state index contributed by atoms with van der Waals surface area (Å²) in [5.74, 6) is 1.53. The molecule has 0 radical (unpaired) electrons. The molecule has 0 aromatic heterocycles. The van der Waals surface area contributed by atoms with E-state index in [2.05, 4.69) is 23.5 Å². The zero-order valence-electron chi connectivity index (χ0n) is 17.5. The highest BCUT2D eigenvalue weighted by molar-refractivity contribution is 5.85. The van der Waals surface area contributed by atoms with Crippen LogP contribution in [0.2, 0.25) is 0 Å². The van der Waals surface area contributed by atoms with E-state index in [-0.39, 0.29) is 43.2 Å². The quantitative estimate of drug-likeness (QED) is 0.633. The highest BCUT2D eigenvalue weighted by atomic mass is 35.5. The molecule has 7 heteroatoms. The van der Waals surface area contributed by atoms with Crippen LogP contribution in [0.15, 0.2) is 48.5 Å². The summed E-state index contributed by atoms with van der Waals surface area (Å²) < 4.78 is 12.4. The monoisotopic (exact) mass is 446 g/mol. The SMILES string of the molecule is Cl.NC(CO)C(=O)N[C@H]1CC[C@H](Oc2ccc3c(c2)CC[C@@H](c2ccccc2)O3)CC1. The Morgan fingerprint density at radius 2 is 1.87 bits per heavy atom. The molecule has 4 N–H and O–H groups in total. The van der Waals surface area contributed by atoms with Gasteiger partial charge in [-0.1, -0.05) is 30.3 Å². The van der Waals surface area contributed by atoms with Crippen molar-refractivity contribution in [2.24, 2.45) is 5.73 Å². The second-order valence-electron chi connectivity index (χ2n) is 8.21. The lowest BCUT2D eigenvalue weighted by Crippen LogP contribution is -2.48. The van der Waals surface area contributed by atoms with E-state index in [1.807, 2.05) is 30.3 Å². The summed E-state index contributed by atoms with van der Waals surface area (Å²) in [5, 5.41) is 11.9. The van der Waals surface area contributed by atoms with Crippen molar-refractivity contribution in [3.8, 4) is 11.5 Å². The number of nitrogens with one attached hydrogen (secondary N) is 1. The van der Waals surface area contributed by atoms with E-state index in [1.165, 1.54) is 11.1 Å². The van der Waals surface area contributed by atoms with E-state index in [0.717, 1.165) is 50.0 Å². The standard InChI is InChI=1S/C24H30N2O4.ClH/c25-21(15-27)24(28)26-18-7-9-19(10-8-18)29-20-11-13-23-17(14-20)6-12-22(30-23)16-4-2-1-3-5-16;/h1-5,11,13-14,18-19,21-22,27H,6-10,12,15,25H2,(H,26,28);1H/t18-,19-,21?,22-;/m0./s1. The van der Waals surface area contributed by atoms with Crippen LogP contribution in [0.1, 0.15) is 49.3 Å². The van der Waals surface area contributed by atoms with Crippen LogP contribution in [0.5, 0.6) is 11.5 Å². The highest BCUT2D eigenvalue weighted by Crippen LogP contribution is 2.37. The number of rotatable bonds is 6. The molecule has 31 heavy (non-hydrogen) atoms. The van der Waals surface area contributed by atoms with E-state index in [4.69, 9.17) is 20.3 Å². The summed E-state index contributed by atoms with van der Waals surface area (Å²) in [6.45, 7) is -0.335. The Hall–Kier alpha value is -2.28. The van der Waals surface area contributed by atoms with E-state index in [0.29, 0.717) is 0 Å². The van der Waals surface area contributed by atoms with Gasteiger partial charge in [0, 0.05) is 6.04 Å². The number of aliphatic hydroxyl groups is 1. The molecule has 1 fully saturated rings. The molecule has 2 atom stereocenters. The molecule has 2 aromatic rings. The fourth-order valence-corrected chi connectivity index (χ4v) is 4.25. The number of halogens is 1. The van der Waals surface area contributed by atoms with Gasteiger partial charge in [0.1, 0.15) is 23.6 Å². The van der Waals surface area contributed by atoms with Crippen molar-refractivity contribution in [3.63, 3.8) is 0 Å². The lowest BCUT2D eigenvalue weighted by atomic mass is 9.92. The lowest BCUT2D eigenvalue weighted by Gasteiger charge is -2.31. The number of aliphatic hydroxyl groups excluding tert-OH is 1. The molecule has 0 saturated heterocycles. The molecule has 6 nitrogen and oxygen atoms in total. The average molecular weight is 447 g/mol. The number of hydrogen-bond acceptors (Lipinski definition) is 5. The van der Waals surface area contributed by atoms with E-state index < -0.39 is 6.04 Å². The number of carbonyl (C=O) groups excluding carboxylic acids is 1. The normalized spacial score (nSPS) is 23.5. The summed E-state index contributed by atoms with van der Waals surface area (Å²) in [6, 6.07) is 15.7. The number of amides is 1. The van der Waals surface area contributed by atoms with Gasteiger partial charge in [-0.05, 0) is 67.9 Å². The van der Waals surface area contributed by atoms with Crippen molar-refractivity contribution in [1.29, 1.82) is 0 Å². The van der Waals surface area contributed by atoms with Gasteiger partial charge >= 0.3 is 0 Å². The fourth-order valence-electron chi connectivity index (χ4n) is 4.25. The molecule has 1 amide bonds. The van der Waals surface area contributed by atoms with Crippen molar-refractivity contribution in [2.75, 3.05) is 6.61 Å². The van der Waals surface area contributed by atoms with Crippen LogP contribution in [0.25, 0.3) is 0 Å². The van der Waals surface area contributed by atoms with Crippen LogP contribution < -0.4 is 20.5 Å². The van der Waals surface area contributed by atoms with E-state index in [9.17, 15) is 4.79 Å². The molecule has 4 rings (SSSR count). The highest BCUT2D eigenvalue weighted by Gasteiger charge is 2.26. The first-order valence-electron chi connectivity index (χ1n) is 10.8. The first-order valence-corrected chi connectivity index (χ1v) is 10.8. The third-order valence-electron chi connectivity index (χ3n) is 6.01. The molecular weight excluding hydrogens is 416 g/mol. The van der Waals surface area contributed by atoms with Crippen molar-refractivity contribution < 1.29 is 19.4 Å². The number of nitrogens with two attached hydrogens (primary N) is 1. The number of benzene rings is 2. The second-order valence-corrected chi connectivity index (χ2v) is 8.21. The minimum Gasteiger partial charge on any atom is -0.490 e. The van der Waals surface area contributed by atoms with Crippen LogP contribution in [-0.2, 0) is 11.2 Å². The van der Waals surface area contributed by atoms with Crippen molar-refractivity contribution in [3.05, 3.63) is 59.7 Å². The molecule has 1 aliphatic carbocycles. The van der Waals surface area contributed by atoms with Crippen LogP contribution in [0.3, 0.4) is 0 Å². The summed E-state index contributed by atoms with van der Waals surface area (Å²) in [4.78, 5) is 11.8. The van der Waals surface area contributed by atoms with Crippen LogP contribution in [0.4, 0.5) is 0 Å². The van der Waals surface area contributed by atoms with Crippen LogP contribution in [0, 0.1) is 0 Å². The van der Waals surface area contributed by atoms with Gasteiger partial charge in [0.25, 0.3) is 0 Å². The molecular formula is C24H31ClN2O4. The van der Waals surface area contributed by atoms with Gasteiger partial charge in [-0.2, -0.15) is 0 Å². The third kappa shape index (κ3) is 5.91. The number of aryl methyl sites for hydroxylation is 1. The molecule has 0 spiro atoms. The van der Waals surface area contributed by atoms with Crippen LogP contribution >= 0.6 is 12.4 Å². The third-order valence-corrected chi connectivity index (χ3v) is 6.01. The summed E-state index contributed by atoms with van der Waals surface area (Å²) >= 11 is 0. The molecule has 1 aliphatic heterocycles. The van der Waals surface area contributed by atoms with Gasteiger partial charge in [-0.15, -0.1) is 12.4 Å². The van der Waals surface area contributed by atoms with Gasteiger partial charge in [-0.3, -0.25) is 4.79 Å². The fraction of sp³-hybridized carbons (Fsp3) is 0.458. The van der Waals surface area contributed by atoms with Crippen LogP contribution in [-0.4, -0.2) is 35.8 Å². The molecule has 2 aromatic carbocycles. The summed E-state index contributed by atoms with van der Waals surface area (Å²) in [6.07, 6.45) is 5.63. The smallest absolute Gasteiger partial charge is 0.239 e. The molecule has 2 aliphatic rings. The van der Waals surface area contributed by atoms with Crippen molar-refractivity contribution in [2.45, 2.75) is 62.8 Å². The second kappa shape index (κ2) is 10.8. The average Bonchev–Trinajstić information content (AvgIpc) is 2.80. The number of hydrogen-bond donors (Lipinski definition) is 3. The number of carbonyl (C=O) groups is 1. The van der Waals surface area contributed by atoms with Gasteiger partial charge in [-0.25, -0.2) is 0 Å². The first kappa shape index (κ1) is 23.4. The molecule has 168 valence electrons. The van der Waals surface area contributed by atoms with Gasteiger partial charge < -0.3 is 25.6 Å². The zero-order valence-corrected chi connectivity index (χ0v) is 18.4. The Labute approximate surface area is 189 Å². The Morgan fingerprint density at radius 3 is 2.58 bits per heavy atom. The predicted molar refractivity (Wildman–Crippen MR) is 122 cm³/mol. The number of fused-ring (bicyclic) bond motifs is 1. The molecule has 1 saturated carbocycles. The lowest BCUT2D eigenvalue weighted by molar-refractivity contribution is -0.124. The van der Waals surface area contributed by atoms with E-state index >= 15 is 0 Å². The minimum absolute atomic E-state index is 0. The Balaban J connectivity index is 0.00000272.